The van der Waals surface area contributed by atoms with Crippen LogP contribution in [-0.4, -0.2) is 31.5 Å². The minimum atomic E-state index is -4.40. The van der Waals surface area contributed by atoms with Crippen LogP contribution in [0.4, 0.5) is 13.2 Å². The minimum absolute atomic E-state index is 0.203. The Balaban J connectivity index is 0.000000348. The maximum absolute atomic E-state index is 12.8. The fraction of sp³-hybridized carbons (Fsp3) is 0.250. The summed E-state index contributed by atoms with van der Waals surface area (Å²) >= 11 is 0. The molecule has 0 saturated heterocycles. The van der Waals surface area contributed by atoms with Crippen molar-refractivity contribution in [2.75, 3.05) is 0 Å². The summed E-state index contributed by atoms with van der Waals surface area (Å²) in [6, 6.07) is 9.94. The summed E-state index contributed by atoms with van der Waals surface area (Å²) in [5.41, 5.74) is 1.86. The molecule has 0 radical (unpaired) electrons. The van der Waals surface area contributed by atoms with Crippen LogP contribution in [0, 0.1) is 0 Å². The van der Waals surface area contributed by atoms with Crippen molar-refractivity contribution in [3.05, 3.63) is 70.8 Å². The number of rotatable bonds is 2. The van der Waals surface area contributed by atoms with E-state index in [1.54, 1.807) is 30.6 Å². The number of halogens is 3. The van der Waals surface area contributed by atoms with E-state index < -0.39 is 11.7 Å². The first-order chi connectivity index (χ1) is 16.3. The van der Waals surface area contributed by atoms with Crippen LogP contribution in [0.3, 0.4) is 0 Å². The zero-order chi connectivity index (χ0) is 24.6. The Bertz CT molecular complexity index is 1250. The fourth-order valence-electron chi connectivity index (χ4n) is 3.48. The van der Waals surface area contributed by atoms with Crippen molar-refractivity contribution in [1.82, 2.24) is 19.9 Å². The van der Waals surface area contributed by atoms with Crippen LogP contribution in [0.15, 0.2) is 59.7 Å². The second-order valence-electron chi connectivity index (χ2n) is 7.56. The van der Waals surface area contributed by atoms with Gasteiger partial charge in [-0.25, -0.2) is 4.98 Å². The van der Waals surface area contributed by atoms with E-state index in [4.69, 9.17) is 9.90 Å². The Labute approximate surface area is 192 Å². The molecular formula is C24H23F3N4O3. The highest BCUT2D eigenvalue weighted by Crippen LogP contribution is 2.31. The summed E-state index contributed by atoms with van der Waals surface area (Å²) in [6.45, 7) is -0.250. The van der Waals surface area contributed by atoms with Gasteiger partial charge in [0, 0.05) is 29.6 Å². The number of carbonyl (C=O) groups is 1. The average molecular weight is 472 g/mol. The molecule has 34 heavy (non-hydrogen) atoms. The topological polar surface area (TPSA) is 112 Å². The molecule has 1 saturated carbocycles. The molecule has 0 atom stereocenters. The second-order valence-corrected chi connectivity index (χ2v) is 7.56. The van der Waals surface area contributed by atoms with Crippen LogP contribution >= 0.6 is 0 Å². The average Bonchev–Trinajstić information content (AvgIpc) is 3.53. The number of aromatic nitrogens is 4. The highest BCUT2D eigenvalue weighted by Gasteiger charge is 2.30. The Kier molecular flexibility index (Phi) is 8.18. The minimum Gasteiger partial charge on any atom is -0.483 e. The van der Waals surface area contributed by atoms with Gasteiger partial charge in [0.1, 0.15) is 5.82 Å². The van der Waals surface area contributed by atoms with Gasteiger partial charge in [-0.1, -0.05) is 32.1 Å². The molecule has 0 aliphatic heterocycles. The van der Waals surface area contributed by atoms with Crippen LogP contribution in [0.5, 0.6) is 0 Å². The number of aromatic amines is 2. The van der Waals surface area contributed by atoms with E-state index in [1.165, 1.54) is 44.2 Å². The second kappa shape index (κ2) is 11.3. The fourth-order valence-corrected chi connectivity index (χ4v) is 3.48. The molecule has 1 aromatic carbocycles. The summed E-state index contributed by atoms with van der Waals surface area (Å²) in [4.78, 5) is 33.6. The molecule has 0 amide bonds. The highest BCUT2D eigenvalue weighted by atomic mass is 19.4. The molecule has 3 aromatic heterocycles. The van der Waals surface area contributed by atoms with Gasteiger partial charge in [0.25, 0.3) is 6.47 Å². The molecule has 1 fully saturated rings. The predicted octanol–water partition coefficient (Wildman–Crippen LogP) is 5.65. The standard InChI is InChI=1S/C18H11F3N4O.C5H10.CH2O2/c19-18(20,21)12-3-5-14-15(7-12)25-17(24-14)11-1-4-13(22-9-11)10-2-6-16(26)23-8-10;1-2-4-5-3-1;2-1-3/h1-9H,(H,23,26)(H,24,25);1-5H2;1H,(H,2,3). The molecule has 10 heteroatoms. The number of fused-ring (bicyclic) bond motifs is 1. The number of hydrogen-bond acceptors (Lipinski definition) is 4. The van der Waals surface area contributed by atoms with Crippen molar-refractivity contribution >= 4 is 17.5 Å². The van der Waals surface area contributed by atoms with Crippen LogP contribution < -0.4 is 5.56 Å². The number of nitrogens with one attached hydrogen (secondary N) is 2. The van der Waals surface area contributed by atoms with E-state index in [0.29, 0.717) is 28.1 Å². The van der Waals surface area contributed by atoms with Crippen molar-refractivity contribution < 1.29 is 23.1 Å². The molecule has 5 rings (SSSR count). The Morgan fingerprint density at radius 3 is 2.12 bits per heavy atom. The SMILES string of the molecule is C1CCCC1.O=CO.O=c1ccc(-c2ccc(-c3nc4ccc(C(F)(F)F)cc4[nH]3)cn2)c[nH]1. The lowest BCUT2D eigenvalue weighted by Crippen LogP contribution is -2.04. The van der Waals surface area contributed by atoms with Crippen molar-refractivity contribution in [1.29, 1.82) is 0 Å². The maximum Gasteiger partial charge on any atom is 0.416 e. The Hall–Kier alpha value is -3.95. The van der Waals surface area contributed by atoms with Crippen molar-refractivity contribution in [3.63, 3.8) is 0 Å². The molecule has 0 unspecified atom stereocenters. The number of H-pyrrole nitrogens is 2. The number of alkyl halides is 3. The van der Waals surface area contributed by atoms with Gasteiger partial charge >= 0.3 is 6.18 Å². The van der Waals surface area contributed by atoms with Gasteiger partial charge in [-0.2, -0.15) is 13.2 Å². The zero-order valence-corrected chi connectivity index (χ0v) is 18.1. The normalized spacial score (nSPS) is 12.9. The molecule has 0 bridgehead atoms. The van der Waals surface area contributed by atoms with Crippen molar-refractivity contribution in [2.24, 2.45) is 0 Å². The van der Waals surface area contributed by atoms with Crippen LogP contribution in [-0.2, 0) is 11.0 Å². The van der Waals surface area contributed by atoms with Crippen molar-refractivity contribution in [2.45, 2.75) is 38.3 Å². The van der Waals surface area contributed by atoms with Crippen LogP contribution in [0.25, 0.3) is 33.7 Å². The largest absolute Gasteiger partial charge is 0.483 e. The summed E-state index contributed by atoms with van der Waals surface area (Å²) in [6.07, 6.45) is 6.23. The van der Waals surface area contributed by atoms with Gasteiger partial charge in [0.15, 0.2) is 0 Å². The molecular weight excluding hydrogens is 449 g/mol. The third-order valence-corrected chi connectivity index (χ3v) is 5.18. The van der Waals surface area contributed by atoms with Crippen molar-refractivity contribution in [3.8, 4) is 22.6 Å². The lowest BCUT2D eigenvalue weighted by atomic mass is 10.1. The molecule has 4 aromatic rings. The van der Waals surface area contributed by atoms with E-state index in [2.05, 4.69) is 19.9 Å². The van der Waals surface area contributed by atoms with Gasteiger partial charge in [-0.3, -0.25) is 14.6 Å². The number of hydrogen-bond donors (Lipinski definition) is 3. The van der Waals surface area contributed by atoms with E-state index in [-0.39, 0.29) is 12.0 Å². The van der Waals surface area contributed by atoms with Gasteiger partial charge in [0.2, 0.25) is 5.56 Å². The lowest BCUT2D eigenvalue weighted by Gasteiger charge is -2.05. The summed E-state index contributed by atoms with van der Waals surface area (Å²) in [7, 11) is 0. The van der Waals surface area contributed by atoms with Crippen LogP contribution in [0.2, 0.25) is 0 Å². The monoisotopic (exact) mass is 472 g/mol. The molecule has 1 aliphatic rings. The number of pyridine rings is 2. The number of benzene rings is 1. The Morgan fingerprint density at radius 1 is 0.941 bits per heavy atom. The van der Waals surface area contributed by atoms with E-state index in [0.717, 1.165) is 17.7 Å². The third kappa shape index (κ3) is 6.53. The molecule has 3 N–H and O–H groups in total. The first-order valence-electron chi connectivity index (χ1n) is 10.6. The molecule has 0 spiro atoms. The quantitative estimate of drug-likeness (QED) is 0.327. The molecule has 7 nitrogen and oxygen atoms in total. The Morgan fingerprint density at radius 2 is 1.59 bits per heavy atom. The van der Waals surface area contributed by atoms with E-state index in [9.17, 15) is 18.0 Å². The van der Waals surface area contributed by atoms with E-state index >= 15 is 0 Å². The smallest absolute Gasteiger partial charge is 0.416 e. The van der Waals surface area contributed by atoms with Gasteiger partial charge in [-0.05, 0) is 36.4 Å². The molecule has 1 aliphatic carbocycles. The summed E-state index contributed by atoms with van der Waals surface area (Å²) < 4.78 is 38.4. The predicted molar refractivity (Wildman–Crippen MR) is 122 cm³/mol. The number of imidazole rings is 1. The third-order valence-electron chi connectivity index (χ3n) is 5.18. The van der Waals surface area contributed by atoms with Gasteiger partial charge in [0.05, 0.1) is 22.3 Å². The number of carboxylic acid groups (broad SMARTS) is 1. The first-order valence-corrected chi connectivity index (χ1v) is 10.6. The van der Waals surface area contributed by atoms with Gasteiger partial charge < -0.3 is 15.1 Å². The van der Waals surface area contributed by atoms with Gasteiger partial charge in [-0.15, -0.1) is 0 Å². The highest BCUT2D eigenvalue weighted by molar-refractivity contribution is 5.80. The first kappa shape index (κ1) is 24.7. The summed E-state index contributed by atoms with van der Waals surface area (Å²) in [5.74, 6) is 0.430. The maximum atomic E-state index is 12.8. The molecule has 3 heterocycles. The number of nitrogens with zero attached hydrogens (tertiary/aromatic N) is 2. The van der Waals surface area contributed by atoms with Crippen LogP contribution in [0.1, 0.15) is 37.7 Å². The summed E-state index contributed by atoms with van der Waals surface area (Å²) in [5, 5.41) is 6.89. The lowest BCUT2D eigenvalue weighted by molar-refractivity contribution is -0.137. The molecule has 178 valence electrons. The van der Waals surface area contributed by atoms with E-state index in [1.807, 2.05) is 0 Å². The zero-order valence-electron chi connectivity index (χ0n) is 18.1.